The molecule has 3 aromatic rings. The number of carbonyl (C=O) groups is 1. The Hall–Kier alpha value is -3.16. The normalized spacial score (nSPS) is 11.0. The van der Waals surface area contributed by atoms with Crippen LogP contribution in [0, 0.1) is 5.82 Å². The van der Waals surface area contributed by atoms with E-state index < -0.39 is 18.8 Å². The third-order valence-corrected chi connectivity index (χ3v) is 3.58. The van der Waals surface area contributed by atoms with Gasteiger partial charge < -0.3 is 5.32 Å². The van der Waals surface area contributed by atoms with Gasteiger partial charge in [-0.3, -0.25) is 9.48 Å². The van der Waals surface area contributed by atoms with Crippen LogP contribution >= 0.6 is 0 Å². The van der Waals surface area contributed by atoms with Crippen molar-refractivity contribution in [3.63, 3.8) is 0 Å². The Bertz CT molecular complexity index is 922. The molecule has 0 atom stereocenters. The van der Waals surface area contributed by atoms with Crippen molar-refractivity contribution in [2.45, 2.75) is 19.9 Å². The van der Waals surface area contributed by atoms with E-state index in [0.29, 0.717) is 28.2 Å². The molecule has 0 fully saturated rings. The van der Waals surface area contributed by atoms with E-state index in [2.05, 4.69) is 15.4 Å². The lowest BCUT2D eigenvalue weighted by atomic mass is 10.0. The van der Waals surface area contributed by atoms with Gasteiger partial charge in [-0.05, 0) is 42.0 Å². The van der Waals surface area contributed by atoms with Crippen molar-refractivity contribution in [2.75, 3.05) is 5.32 Å². The average Bonchev–Trinajstić information content (AvgIpc) is 2.98. The second-order valence-electron chi connectivity index (χ2n) is 5.62. The van der Waals surface area contributed by atoms with Crippen LogP contribution in [0.5, 0.6) is 0 Å². The molecule has 0 unspecified atom stereocenters. The molecule has 0 saturated heterocycles. The fourth-order valence-electron chi connectivity index (χ4n) is 2.54. The van der Waals surface area contributed by atoms with Gasteiger partial charge in [0.15, 0.2) is 0 Å². The quantitative estimate of drug-likeness (QED) is 0.749. The molecule has 8 heteroatoms. The molecule has 1 N–H and O–H groups in total. The monoisotopic (exact) mass is 360 g/mol. The summed E-state index contributed by atoms with van der Waals surface area (Å²) in [7, 11) is 0. The minimum Gasteiger partial charge on any atom is -0.311 e. The standard InChI is InChI=1S/C18H15F3N4O/c1-11(26)23-17-8-13(6-7-22-17)15-9-25(10-16(20)21)24-18(15)12-2-4-14(19)5-3-12/h2-9,16H,10H2,1H3,(H,22,23,26). The van der Waals surface area contributed by atoms with Gasteiger partial charge in [-0.25, -0.2) is 18.2 Å². The summed E-state index contributed by atoms with van der Waals surface area (Å²) in [6.07, 6.45) is 0.438. The van der Waals surface area contributed by atoms with Crippen molar-refractivity contribution >= 4 is 11.7 Å². The predicted octanol–water partition coefficient (Wildman–Crippen LogP) is 3.97. The summed E-state index contributed by atoms with van der Waals surface area (Å²) in [4.78, 5) is 15.3. The van der Waals surface area contributed by atoms with Crippen molar-refractivity contribution in [1.82, 2.24) is 14.8 Å². The zero-order valence-electron chi connectivity index (χ0n) is 13.8. The highest BCUT2D eigenvalue weighted by Crippen LogP contribution is 2.32. The number of nitrogens with one attached hydrogen (secondary N) is 1. The van der Waals surface area contributed by atoms with E-state index in [9.17, 15) is 18.0 Å². The van der Waals surface area contributed by atoms with Gasteiger partial charge in [-0.15, -0.1) is 0 Å². The van der Waals surface area contributed by atoms with Crippen molar-refractivity contribution in [3.8, 4) is 22.4 Å². The number of pyridine rings is 1. The minimum absolute atomic E-state index is 0.276. The fourth-order valence-corrected chi connectivity index (χ4v) is 2.54. The van der Waals surface area contributed by atoms with Gasteiger partial charge in [0.2, 0.25) is 5.91 Å². The van der Waals surface area contributed by atoms with Crippen molar-refractivity contribution in [2.24, 2.45) is 0 Å². The lowest BCUT2D eigenvalue weighted by Gasteiger charge is -2.05. The second-order valence-corrected chi connectivity index (χ2v) is 5.62. The van der Waals surface area contributed by atoms with Gasteiger partial charge in [0.25, 0.3) is 6.43 Å². The number of benzene rings is 1. The maximum absolute atomic E-state index is 13.2. The number of hydrogen-bond acceptors (Lipinski definition) is 3. The first-order chi connectivity index (χ1) is 12.4. The molecule has 0 radical (unpaired) electrons. The van der Waals surface area contributed by atoms with Crippen LogP contribution < -0.4 is 5.32 Å². The van der Waals surface area contributed by atoms with Gasteiger partial charge in [0, 0.05) is 30.4 Å². The Kier molecular flexibility index (Phi) is 5.01. The number of amides is 1. The first-order valence-electron chi connectivity index (χ1n) is 7.78. The summed E-state index contributed by atoms with van der Waals surface area (Å²) in [6, 6.07) is 8.93. The highest BCUT2D eigenvalue weighted by molar-refractivity contribution is 5.89. The molecule has 3 rings (SSSR count). The Morgan fingerprint density at radius 1 is 1.19 bits per heavy atom. The molecule has 26 heavy (non-hydrogen) atoms. The first-order valence-corrected chi connectivity index (χ1v) is 7.78. The van der Waals surface area contributed by atoms with E-state index in [0.717, 1.165) is 4.68 Å². The van der Waals surface area contributed by atoms with Crippen LogP contribution in [0.3, 0.4) is 0 Å². The predicted molar refractivity (Wildman–Crippen MR) is 91.2 cm³/mol. The van der Waals surface area contributed by atoms with Gasteiger partial charge in [-0.2, -0.15) is 5.10 Å². The topological polar surface area (TPSA) is 59.8 Å². The van der Waals surface area contributed by atoms with Crippen LogP contribution in [0.2, 0.25) is 0 Å². The molecule has 0 aliphatic heterocycles. The van der Waals surface area contributed by atoms with Crippen molar-refractivity contribution in [3.05, 3.63) is 54.6 Å². The SMILES string of the molecule is CC(=O)Nc1cc(-c2cn(CC(F)F)nc2-c2ccc(F)cc2)ccn1. The molecule has 2 aromatic heterocycles. The van der Waals surface area contributed by atoms with E-state index in [4.69, 9.17) is 0 Å². The zero-order chi connectivity index (χ0) is 18.7. The van der Waals surface area contributed by atoms with Crippen molar-refractivity contribution in [1.29, 1.82) is 0 Å². The zero-order valence-corrected chi connectivity index (χ0v) is 13.8. The van der Waals surface area contributed by atoms with Gasteiger partial charge >= 0.3 is 0 Å². The average molecular weight is 360 g/mol. The smallest absolute Gasteiger partial charge is 0.257 e. The maximum Gasteiger partial charge on any atom is 0.257 e. The number of rotatable bonds is 5. The molecule has 5 nitrogen and oxygen atoms in total. The highest BCUT2D eigenvalue weighted by Gasteiger charge is 2.16. The van der Waals surface area contributed by atoms with Gasteiger partial charge in [0.05, 0.1) is 0 Å². The molecule has 0 saturated carbocycles. The van der Waals surface area contributed by atoms with E-state index in [1.807, 2.05) is 0 Å². The Labute approximate surface area is 147 Å². The molecular formula is C18H15F3N4O. The van der Waals surface area contributed by atoms with Crippen LogP contribution in [0.4, 0.5) is 19.0 Å². The summed E-state index contributed by atoms with van der Waals surface area (Å²) in [5, 5.41) is 6.80. The Balaban J connectivity index is 2.08. The second kappa shape index (κ2) is 7.38. The first kappa shape index (κ1) is 17.7. The molecular weight excluding hydrogens is 345 g/mol. The van der Waals surface area contributed by atoms with E-state index in [1.165, 1.54) is 43.6 Å². The fraction of sp³-hybridized carbons (Fsp3) is 0.167. The summed E-state index contributed by atoms with van der Waals surface area (Å²) in [5.74, 6) is -0.345. The van der Waals surface area contributed by atoms with Crippen LogP contribution in [0.25, 0.3) is 22.4 Å². The van der Waals surface area contributed by atoms with E-state index >= 15 is 0 Å². The highest BCUT2D eigenvalue weighted by atomic mass is 19.3. The van der Waals surface area contributed by atoms with Crippen LogP contribution in [-0.4, -0.2) is 27.1 Å². The third-order valence-electron chi connectivity index (χ3n) is 3.58. The number of anilines is 1. The third kappa shape index (κ3) is 4.08. The lowest BCUT2D eigenvalue weighted by Crippen LogP contribution is -2.07. The number of hydrogen-bond donors (Lipinski definition) is 1. The van der Waals surface area contributed by atoms with Crippen LogP contribution in [0.1, 0.15) is 6.92 Å². The molecule has 1 aromatic carbocycles. The molecule has 2 heterocycles. The molecule has 0 aliphatic carbocycles. The van der Waals surface area contributed by atoms with Crippen LogP contribution in [0.15, 0.2) is 48.8 Å². The molecule has 1 amide bonds. The lowest BCUT2D eigenvalue weighted by molar-refractivity contribution is -0.114. The van der Waals surface area contributed by atoms with E-state index in [-0.39, 0.29) is 5.91 Å². The summed E-state index contributed by atoms with van der Waals surface area (Å²) < 4.78 is 39.9. The summed E-state index contributed by atoms with van der Waals surface area (Å²) in [5.41, 5.74) is 2.24. The van der Waals surface area contributed by atoms with E-state index in [1.54, 1.807) is 12.1 Å². The molecule has 0 spiro atoms. The number of nitrogens with zero attached hydrogens (tertiary/aromatic N) is 3. The molecule has 0 aliphatic rings. The van der Waals surface area contributed by atoms with Crippen molar-refractivity contribution < 1.29 is 18.0 Å². The number of aromatic nitrogens is 3. The summed E-state index contributed by atoms with van der Waals surface area (Å²) in [6.45, 7) is 0.802. The number of carbonyl (C=O) groups excluding carboxylic acids is 1. The minimum atomic E-state index is -2.56. The summed E-state index contributed by atoms with van der Waals surface area (Å²) >= 11 is 0. The molecule has 134 valence electrons. The van der Waals surface area contributed by atoms with Crippen LogP contribution in [-0.2, 0) is 11.3 Å². The largest absolute Gasteiger partial charge is 0.311 e. The maximum atomic E-state index is 13.2. The number of halogens is 3. The molecule has 0 bridgehead atoms. The van der Waals surface area contributed by atoms with Gasteiger partial charge in [-0.1, -0.05) is 0 Å². The Morgan fingerprint density at radius 3 is 2.58 bits per heavy atom. The number of alkyl halides is 2. The Morgan fingerprint density at radius 2 is 1.92 bits per heavy atom. The van der Waals surface area contributed by atoms with Gasteiger partial charge in [0.1, 0.15) is 23.9 Å².